The molecule has 1 N–H and O–H groups in total. The fraction of sp³-hybridized carbons (Fsp3) is 0.333. The third kappa shape index (κ3) is 2.17. The second kappa shape index (κ2) is 4.66. The molecule has 1 aromatic heterocycles. The van der Waals surface area contributed by atoms with E-state index in [1.807, 2.05) is 6.07 Å². The van der Waals surface area contributed by atoms with Crippen molar-refractivity contribution in [3.63, 3.8) is 0 Å². The van der Waals surface area contributed by atoms with Crippen molar-refractivity contribution in [2.45, 2.75) is 6.92 Å². The number of benzene rings is 1. The van der Waals surface area contributed by atoms with Gasteiger partial charge in [-0.05, 0) is 30.7 Å². The van der Waals surface area contributed by atoms with Crippen molar-refractivity contribution in [1.29, 1.82) is 0 Å². The molecule has 0 saturated heterocycles. The first kappa shape index (κ1) is 12.7. The number of nitrogens with zero attached hydrogens (tertiary/aromatic N) is 1. The molecular weight excluding hydrogens is 263 g/mol. The maximum atomic E-state index is 13.9. The van der Waals surface area contributed by atoms with Gasteiger partial charge in [-0.2, -0.15) is 0 Å². The van der Waals surface area contributed by atoms with Crippen molar-refractivity contribution >= 4 is 28.1 Å². The standard InChI is InChI=1S/C15H16ClFN2/c1-9-5-10(8-19(2)7-9)12-6-13(17)14(16)11-3-4-18-15(11)12/h3-6,9,18H,7-8H2,1-2H3/t9-/m1/s1. The molecule has 1 aliphatic rings. The zero-order valence-electron chi connectivity index (χ0n) is 11.0. The van der Waals surface area contributed by atoms with Crippen LogP contribution < -0.4 is 0 Å². The predicted octanol–water partition coefficient (Wildman–Crippen LogP) is 3.93. The Morgan fingerprint density at radius 2 is 2.26 bits per heavy atom. The molecule has 2 aromatic rings. The molecule has 0 fully saturated rings. The number of likely N-dealkylation sites (N-methyl/N-ethyl adjacent to an activating group) is 1. The van der Waals surface area contributed by atoms with Gasteiger partial charge in [0.15, 0.2) is 0 Å². The molecule has 4 heteroatoms. The van der Waals surface area contributed by atoms with E-state index in [9.17, 15) is 4.39 Å². The summed E-state index contributed by atoms with van der Waals surface area (Å²) in [4.78, 5) is 5.42. The molecule has 2 nitrogen and oxygen atoms in total. The molecule has 0 radical (unpaired) electrons. The van der Waals surface area contributed by atoms with E-state index < -0.39 is 0 Å². The molecule has 19 heavy (non-hydrogen) atoms. The summed E-state index contributed by atoms with van der Waals surface area (Å²) < 4.78 is 13.9. The lowest BCUT2D eigenvalue weighted by atomic mass is 9.95. The summed E-state index contributed by atoms with van der Waals surface area (Å²) in [6, 6.07) is 3.36. The molecule has 1 aliphatic heterocycles. The van der Waals surface area contributed by atoms with Gasteiger partial charge < -0.3 is 9.88 Å². The second-order valence-electron chi connectivity index (χ2n) is 5.35. The lowest BCUT2D eigenvalue weighted by Crippen LogP contribution is -2.29. The van der Waals surface area contributed by atoms with Gasteiger partial charge in [0.05, 0.1) is 10.5 Å². The van der Waals surface area contributed by atoms with E-state index in [0.717, 1.165) is 35.1 Å². The van der Waals surface area contributed by atoms with Crippen LogP contribution in [-0.2, 0) is 0 Å². The number of nitrogens with one attached hydrogen (secondary N) is 1. The van der Waals surface area contributed by atoms with E-state index in [1.54, 1.807) is 12.3 Å². The first-order valence-electron chi connectivity index (χ1n) is 6.41. The second-order valence-corrected chi connectivity index (χ2v) is 5.73. The van der Waals surface area contributed by atoms with Gasteiger partial charge in [0.1, 0.15) is 5.82 Å². The van der Waals surface area contributed by atoms with Crippen LogP contribution in [0.2, 0.25) is 5.02 Å². The molecule has 0 spiro atoms. The van der Waals surface area contributed by atoms with Crippen LogP contribution >= 0.6 is 11.6 Å². The van der Waals surface area contributed by atoms with Gasteiger partial charge in [-0.25, -0.2) is 4.39 Å². The van der Waals surface area contributed by atoms with Crippen molar-refractivity contribution in [3.05, 3.63) is 40.8 Å². The number of rotatable bonds is 1. The van der Waals surface area contributed by atoms with Crippen LogP contribution in [0.25, 0.3) is 16.5 Å². The van der Waals surface area contributed by atoms with Gasteiger partial charge in [-0.3, -0.25) is 0 Å². The summed E-state index contributed by atoms with van der Waals surface area (Å²) in [5, 5.41) is 0.941. The Labute approximate surface area is 116 Å². The Morgan fingerprint density at radius 1 is 1.47 bits per heavy atom. The van der Waals surface area contributed by atoms with E-state index in [-0.39, 0.29) is 10.8 Å². The van der Waals surface area contributed by atoms with Crippen LogP contribution in [0.3, 0.4) is 0 Å². The molecule has 3 rings (SSSR count). The van der Waals surface area contributed by atoms with Crippen molar-refractivity contribution in [3.8, 4) is 0 Å². The number of H-pyrrole nitrogens is 1. The first-order valence-corrected chi connectivity index (χ1v) is 6.78. The highest BCUT2D eigenvalue weighted by molar-refractivity contribution is 6.35. The lowest BCUT2D eigenvalue weighted by Gasteiger charge is -2.27. The van der Waals surface area contributed by atoms with E-state index in [4.69, 9.17) is 11.6 Å². The molecule has 0 saturated carbocycles. The highest BCUT2D eigenvalue weighted by atomic mass is 35.5. The number of fused-ring (bicyclic) bond motifs is 1. The zero-order valence-corrected chi connectivity index (χ0v) is 11.8. The smallest absolute Gasteiger partial charge is 0.143 e. The number of aromatic nitrogens is 1. The van der Waals surface area contributed by atoms with E-state index in [1.165, 1.54) is 0 Å². The van der Waals surface area contributed by atoms with Gasteiger partial charge in [0, 0.05) is 30.2 Å². The van der Waals surface area contributed by atoms with Crippen LogP contribution in [0.15, 0.2) is 24.4 Å². The van der Waals surface area contributed by atoms with E-state index in [0.29, 0.717) is 5.92 Å². The Kier molecular flexibility index (Phi) is 3.11. The molecule has 0 unspecified atom stereocenters. The number of hydrogen-bond donors (Lipinski definition) is 1. The summed E-state index contributed by atoms with van der Waals surface area (Å²) in [7, 11) is 2.09. The minimum absolute atomic E-state index is 0.192. The Hall–Kier alpha value is -1.32. The number of aromatic amines is 1. The van der Waals surface area contributed by atoms with Crippen LogP contribution in [0.5, 0.6) is 0 Å². The molecule has 0 amide bonds. The molecule has 0 bridgehead atoms. The molecule has 100 valence electrons. The van der Waals surface area contributed by atoms with Crippen molar-refractivity contribution in [1.82, 2.24) is 9.88 Å². The van der Waals surface area contributed by atoms with Crippen molar-refractivity contribution in [2.75, 3.05) is 20.1 Å². The molecule has 1 aromatic carbocycles. The van der Waals surface area contributed by atoms with E-state index in [2.05, 4.69) is 29.9 Å². The lowest BCUT2D eigenvalue weighted by molar-refractivity contribution is 0.330. The van der Waals surface area contributed by atoms with Crippen LogP contribution in [0.4, 0.5) is 4.39 Å². The number of hydrogen-bond acceptors (Lipinski definition) is 1. The average Bonchev–Trinajstić information content (AvgIpc) is 2.81. The fourth-order valence-corrected chi connectivity index (χ4v) is 3.10. The summed E-state index contributed by atoms with van der Waals surface area (Å²) in [5.41, 5.74) is 2.99. The maximum absolute atomic E-state index is 13.9. The zero-order chi connectivity index (χ0) is 13.6. The Balaban J connectivity index is 2.20. The van der Waals surface area contributed by atoms with Gasteiger partial charge >= 0.3 is 0 Å². The van der Waals surface area contributed by atoms with Gasteiger partial charge in [-0.15, -0.1) is 0 Å². The Bertz CT molecular complexity index is 659. The normalized spacial score (nSPS) is 20.8. The first-order chi connectivity index (χ1) is 9.06. The largest absolute Gasteiger partial charge is 0.361 e. The highest BCUT2D eigenvalue weighted by Gasteiger charge is 2.19. The van der Waals surface area contributed by atoms with Crippen LogP contribution in [0.1, 0.15) is 12.5 Å². The third-order valence-electron chi connectivity index (χ3n) is 3.61. The molecule has 2 heterocycles. The average molecular weight is 279 g/mol. The molecular formula is C15H16ClFN2. The fourth-order valence-electron chi connectivity index (χ4n) is 2.89. The molecule has 1 atom stereocenters. The quantitative estimate of drug-likeness (QED) is 0.837. The number of halogens is 2. The SMILES string of the molecule is C[C@@H]1C=C(c2cc(F)c(Cl)c3cc[nH]c23)CN(C)C1. The van der Waals surface area contributed by atoms with Gasteiger partial charge in [0.2, 0.25) is 0 Å². The van der Waals surface area contributed by atoms with Crippen molar-refractivity contribution < 1.29 is 4.39 Å². The van der Waals surface area contributed by atoms with E-state index >= 15 is 0 Å². The summed E-state index contributed by atoms with van der Waals surface area (Å²) in [6.07, 6.45) is 4.03. The van der Waals surface area contributed by atoms with Gasteiger partial charge in [0.25, 0.3) is 0 Å². The minimum Gasteiger partial charge on any atom is -0.361 e. The summed E-state index contributed by atoms with van der Waals surface area (Å²) >= 11 is 6.01. The van der Waals surface area contributed by atoms with Crippen LogP contribution in [-0.4, -0.2) is 30.0 Å². The Morgan fingerprint density at radius 3 is 3.00 bits per heavy atom. The summed E-state index contributed by atoms with van der Waals surface area (Å²) in [6.45, 7) is 4.04. The van der Waals surface area contributed by atoms with Crippen molar-refractivity contribution in [2.24, 2.45) is 5.92 Å². The third-order valence-corrected chi connectivity index (χ3v) is 3.99. The molecule has 0 aliphatic carbocycles. The monoisotopic (exact) mass is 278 g/mol. The topological polar surface area (TPSA) is 19.0 Å². The highest BCUT2D eigenvalue weighted by Crippen LogP contribution is 2.34. The minimum atomic E-state index is -0.356. The van der Waals surface area contributed by atoms with Gasteiger partial charge in [-0.1, -0.05) is 24.6 Å². The maximum Gasteiger partial charge on any atom is 0.143 e. The summed E-state index contributed by atoms with van der Waals surface area (Å²) in [5.74, 6) is 0.114. The predicted molar refractivity (Wildman–Crippen MR) is 77.9 cm³/mol. The van der Waals surface area contributed by atoms with Crippen LogP contribution in [0, 0.1) is 11.7 Å².